The number of nitrogens with zero attached hydrogens (tertiary/aromatic N) is 1. The molecule has 0 aromatic rings. The van der Waals surface area contributed by atoms with Gasteiger partial charge in [-0.3, -0.25) is 9.69 Å². The molecule has 0 atom stereocenters. The summed E-state index contributed by atoms with van der Waals surface area (Å²) in [6.45, 7) is 0. The average molecular weight is 199 g/mol. The van der Waals surface area contributed by atoms with Crippen molar-refractivity contribution in [1.82, 2.24) is 4.90 Å². The molecule has 1 saturated carbocycles. The summed E-state index contributed by atoms with van der Waals surface area (Å²) in [5.41, 5.74) is -0.597. The van der Waals surface area contributed by atoms with Crippen molar-refractivity contribution in [3.8, 4) is 0 Å². The molecule has 0 aliphatic heterocycles. The van der Waals surface area contributed by atoms with Gasteiger partial charge >= 0.3 is 5.97 Å². The van der Waals surface area contributed by atoms with Crippen molar-refractivity contribution in [2.75, 3.05) is 14.1 Å². The molecule has 82 valence electrons. The van der Waals surface area contributed by atoms with Crippen molar-refractivity contribution < 1.29 is 9.90 Å². The number of rotatable bonds is 2. The van der Waals surface area contributed by atoms with Crippen LogP contribution < -0.4 is 0 Å². The molecular formula is C11H21NO2. The van der Waals surface area contributed by atoms with Gasteiger partial charge in [0, 0.05) is 0 Å². The first-order valence-corrected chi connectivity index (χ1v) is 5.50. The Morgan fingerprint density at radius 1 is 1.07 bits per heavy atom. The fourth-order valence-corrected chi connectivity index (χ4v) is 2.34. The lowest BCUT2D eigenvalue weighted by atomic mass is 9.83. The summed E-state index contributed by atoms with van der Waals surface area (Å²) >= 11 is 0. The monoisotopic (exact) mass is 199 g/mol. The summed E-state index contributed by atoms with van der Waals surface area (Å²) in [7, 11) is 3.77. The van der Waals surface area contributed by atoms with Crippen LogP contribution in [0.1, 0.15) is 44.9 Å². The lowest BCUT2D eigenvalue weighted by Gasteiger charge is -2.37. The molecule has 1 aliphatic carbocycles. The van der Waals surface area contributed by atoms with Crippen molar-refractivity contribution in [2.45, 2.75) is 50.5 Å². The Labute approximate surface area is 86.1 Å². The predicted octanol–water partition coefficient (Wildman–Crippen LogP) is 2.12. The van der Waals surface area contributed by atoms with Crippen LogP contribution in [0.15, 0.2) is 0 Å². The smallest absolute Gasteiger partial charge is 0.324 e. The summed E-state index contributed by atoms with van der Waals surface area (Å²) in [5.74, 6) is -0.649. The van der Waals surface area contributed by atoms with Crippen molar-refractivity contribution in [1.29, 1.82) is 0 Å². The van der Waals surface area contributed by atoms with Gasteiger partial charge in [0.15, 0.2) is 0 Å². The van der Waals surface area contributed by atoms with Crippen LogP contribution >= 0.6 is 0 Å². The molecule has 0 saturated heterocycles. The fraction of sp³-hybridized carbons (Fsp3) is 0.909. The van der Waals surface area contributed by atoms with E-state index in [9.17, 15) is 9.90 Å². The van der Waals surface area contributed by atoms with Crippen LogP contribution in [0.2, 0.25) is 0 Å². The van der Waals surface area contributed by atoms with Crippen LogP contribution in [0.25, 0.3) is 0 Å². The molecule has 1 rings (SSSR count). The van der Waals surface area contributed by atoms with Crippen LogP contribution in [-0.4, -0.2) is 35.6 Å². The second-order valence-electron chi connectivity index (χ2n) is 4.50. The van der Waals surface area contributed by atoms with Crippen molar-refractivity contribution in [3.63, 3.8) is 0 Å². The molecule has 0 heterocycles. The zero-order valence-corrected chi connectivity index (χ0v) is 9.25. The maximum atomic E-state index is 11.3. The number of carbonyl (C=O) groups is 1. The first-order valence-electron chi connectivity index (χ1n) is 5.50. The van der Waals surface area contributed by atoms with Gasteiger partial charge in [0.1, 0.15) is 5.54 Å². The van der Waals surface area contributed by atoms with E-state index in [0.717, 1.165) is 25.7 Å². The molecule has 14 heavy (non-hydrogen) atoms. The van der Waals surface area contributed by atoms with E-state index in [-0.39, 0.29) is 0 Å². The van der Waals surface area contributed by atoms with E-state index in [1.54, 1.807) is 0 Å². The topological polar surface area (TPSA) is 40.5 Å². The fourth-order valence-electron chi connectivity index (χ4n) is 2.34. The van der Waals surface area contributed by atoms with Crippen molar-refractivity contribution >= 4 is 5.97 Å². The highest BCUT2D eigenvalue weighted by molar-refractivity contribution is 5.78. The molecule has 1 N–H and O–H groups in total. The van der Waals surface area contributed by atoms with Crippen LogP contribution in [0.4, 0.5) is 0 Å². The number of carboxylic acids is 1. The average Bonchev–Trinajstić information content (AvgIpc) is 2.02. The van der Waals surface area contributed by atoms with E-state index in [0.29, 0.717) is 0 Å². The van der Waals surface area contributed by atoms with E-state index < -0.39 is 11.5 Å². The van der Waals surface area contributed by atoms with E-state index in [4.69, 9.17) is 0 Å². The van der Waals surface area contributed by atoms with Crippen LogP contribution in [-0.2, 0) is 4.79 Å². The molecule has 1 aliphatic rings. The molecule has 0 bridgehead atoms. The minimum Gasteiger partial charge on any atom is -0.480 e. The number of carboxylic acid groups (broad SMARTS) is 1. The third kappa shape index (κ3) is 2.27. The number of likely N-dealkylation sites (N-methyl/N-ethyl adjacent to an activating group) is 1. The van der Waals surface area contributed by atoms with Gasteiger partial charge in [-0.1, -0.05) is 32.1 Å². The van der Waals surface area contributed by atoms with Gasteiger partial charge in [-0.05, 0) is 26.9 Å². The molecule has 0 amide bonds. The quantitative estimate of drug-likeness (QED) is 0.740. The third-order valence-corrected chi connectivity index (χ3v) is 3.43. The van der Waals surface area contributed by atoms with Crippen LogP contribution in [0, 0.1) is 0 Å². The Balaban J connectivity index is 2.76. The molecular weight excluding hydrogens is 178 g/mol. The van der Waals surface area contributed by atoms with Gasteiger partial charge in [0.05, 0.1) is 0 Å². The SMILES string of the molecule is CN(C)C1(C(=O)O)CCCCCCC1. The molecule has 3 nitrogen and oxygen atoms in total. The first-order chi connectivity index (χ1) is 6.59. The lowest BCUT2D eigenvalue weighted by Crippen LogP contribution is -2.51. The molecule has 0 aromatic heterocycles. The Bertz CT molecular complexity index is 193. The summed E-state index contributed by atoms with van der Waals surface area (Å²) in [6.07, 6.45) is 7.33. The van der Waals surface area contributed by atoms with Gasteiger partial charge < -0.3 is 5.11 Å². The second-order valence-corrected chi connectivity index (χ2v) is 4.50. The number of aliphatic carboxylic acids is 1. The van der Waals surface area contributed by atoms with E-state index in [1.165, 1.54) is 19.3 Å². The maximum Gasteiger partial charge on any atom is 0.324 e. The minimum atomic E-state index is -0.649. The highest BCUT2D eigenvalue weighted by atomic mass is 16.4. The highest BCUT2D eigenvalue weighted by Gasteiger charge is 2.39. The minimum absolute atomic E-state index is 0.597. The third-order valence-electron chi connectivity index (χ3n) is 3.43. The van der Waals surface area contributed by atoms with E-state index in [1.807, 2.05) is 19.0 Å². The Kier molecular flexibility index (Phi) is 3.93. The highest BCUT2D eigenvalue weighted by Crippen LogP contribution is 2.30. The van der Waals surface area contributed by atoms with E-state index in [2.05, 4.69) is 0 Å². The van der Waals surface area contributed by atoms with Crippen molar-refractivity contribution in [3.05, 3.63) is 0 Å². The zero-order valence-electron chi connectivity index (χ0n) is 9.25. The number of hydrogen-bond donors (Lipinski definition) is 1. The van der Waals surface area contributed by atoms with Gasteiger partial charge in [-0.15, -0.1) is 0 Å². The Morgan fingerprint density at radius 3 is 1.86 bits per heavy atom. The van der Waals surface area contributed by atoms with Gasteiger partial charge in [-0.2, -0.15) is 0 Å². The molecule has 0 aromatic carbocycles. The Hall–Kier alpha value is -0.570. The maximum absolute atomic E-state index is 11.3. The molecule has 0 unspecified atom stereocenters. The first kappa shape index (κ1) is 11.5. The molecule has 0 spiro atoms. The number of hydrogen-bond acceptors (Lipinski definition) is 2. The van der Waals surface area contributed by atoms with Crippen molar-refractivity contribution in [2.24, 2.45) is 0 Å². The molecule has 3 heteroatoms. The Morgan fingerprint density at radius 2 is 1.50 bits per heavy atom. The summed E-state index contributed by atoms with van der Waals surface area (Å²) in [6, 6.07) is 0. The zero-order chi connectivity index (χ0) is 10.6. The van der Waals surface area contributed by atoms with E-state index >= 15 is 0 Å². The summed E-state index contributed by atoms with van der Waals surface area (Å²) < 4.78 is 0. The van der Waals surface area contributed by atoms with Gasteiger partial charge in [0.25, 0.3) is 0 Å². The summed E-state index contributed by atoms with van der Waals surface area (Å²) in [4.78, 5) is 13.2. The second kappa shape index (κ2) is 4.78. The summed E-state index contributed by atoms with van der Waals surface area (Å²) in [5, 5.41) is 9.33. The largest absolute Gasteiger partial charge is 0.480 e. The predicted molar refractivity (Wildman–Crippen MR) is 56.4 cm³/mol. The van der Waals surface area contributed by atoms with Crippen LogP contribution in [0.3, 0.4) is 0 Å². The van der Waals surface area contributed by atoms with Gasteiger partial charge in [-0.25, -0.2) is 0 Å². The lowest BCUT2D eigenvalue weighted by molar-refractivity contribution is -0.151. The standard InChI is InChI=1S/C11H21NO2/c1-12(2)11(10(13)14)8-6-4-3-5-7-9-11/h3-9H2,1-2H3,(H,13,14). The normalized spacial score (nSPS) is 22.8. The molecule has 1 fully saturated rings. The molecule has 0 radical (unpaired) electrons. The van der Waals surface area contributed by atoms with Crippen LogP contribution in [0.5, 0.6) is 0 Å². The van der Waals surface area contributed by atoms with Gasteiger partial charge in [0.2, 0.25) is 0 Å².